The first-order valence-electron chi connectivity index (χ1n) is 6.06. The van der Waals surface area contributed by atoms with Crippen LogP contribution in [0.15, 0.2) is 12.1 Å². The topological polar surface area (TPSA) is 98.3 Å². The van der Waals surface area contributed by atoms with Gasteiger partial charge in [0.1, 0.15) is 0 Å². The highest BCUT2D eigenvalue weighted by atomic mass is 16.6. The second kappa shape index (κ2) is 5.79. The number of anilines is 1. The monoisotopic (exact) mass is 265 g/mol. The molecule has 0 aliphatic carbocycles. The summed E-state index contributed by atoms with van der Waals surface area (Å²) in [6.45, 7) is 7.13. The van der Waals surface area contributed by atoms with E-state index in [9.17, 15) is 14.9 Å². The molecule has 19 heavy (non-hydrogen) atoms. The van der Waals surface area contributed by atoms with Gasteiger partial charge in [-0.15, -0.1) is 0 Å². The molecule has 0 saturated carbocycles. The molecule has 0 saturated heterocycles. The Bertz CT molecular complexity index is 512. The zero-order valence-corrected chi connectivity index (χ0v) is 11.6. The van der Waals surface area contributed by atoms with E-state index in [4.69, 9.17) is 5.73 Å². The minimum absolute atomic E-state index is 0.000685. The molecule has 3 N–H and O–H groups in total. The van der Waals surface area contributed by atoms with Crippen molar-refractivity contribution in [3.05, 3.63) is 33.4 Å². The van der Waals surface area contributed by atoms with Gasteiger partial charge < -0.3 is 11.1 Å². The van der Waals surface area contributed by atoms with Crippen molar-refractivity contribution in [2.45, 2.75) is 33.7 Å². The summed E-state index contributed by atoms with van der Waals surface area (Å²) < 4.78 is 0. The lowest BCUT2D eigenvalue weighted by Gasteiger charge is -2.16. The Hall–Kier alpha value is -1.95. The number of nitrogens with zero attached hydrogens (tertiary/aromatic N) is 1. The fourth-order valence-corrected chi connectivity index (χ4v) is 1.69. The van der Waals surface area contributed by atoms with Crippen LogP contribution in [0.5, 0.6) is 0 Å². The van der Waals surface area contributed by atoms with E-state index in [1.165, 1.54) is 6.07 Å². The summed E-state index contributed by atoms with van der Waals surface area (Å²) in [5.74, 6) is -0.336. The summed E-state index contributed by atoms with van der Waals surface area (Å²) in [5.41, 5.74) is 7.49. The lowest BCUT2D eigenvalue weighted by Crippen LogP contribution is -2.39. The lowest BCUT2D eigenvalue weighted by molar-refractivity contribution is -0.385. The van der Waals surface area contributed by atoms with Crippen LogP contribution in [0.2, 0.25) is 0 Å². The predicted molar refractivity (Wildman–Crippen MR) is 74.0 cm³/mol. The van der Waals surface area contributed by atoms with Crippen molar-refractivity contribution < 1.29 is 9.72 Å². The number of hydrogen-bond acceptors (Lipinski definition) is 4. The van der Waals surface area contributed by atoms with Crippen molar-refractivity contribution in [3.8, 4) is 0 Å². The van der Waals surface area contributed by atoms with E-state index in [-0.39, 0.29) is 17.5 Å². The number of aryl methyl sites for hydroxylation is 2. The van der Waals surface area contributed by atoms with E-state index in [0.717, 1.165) is 5.56 Å². The van der Waals surface area contributed by atoms with Gasteiger partial charge in [-0.1, -0.05) is 13.8 Å². The molecule has 0 aromatic heterocycles. The van der Waals surface area contributed by atoms with Crippen LogP contribution < -0.4 is 11.1 Å². The van der Waals surface area contributed by atoms with Crippen molar-refractivity contribution in [1.82, 2.24) is 0 Å². The molecule has 1 rings (SSSR count). The number of hydrogen-bond donors (Lipinski definition) is 2. The fraction of sp³-hybridized carbons (Fsp3) is 0.462. The number of carbonyl (C=O) groups is 1. The van der Waals surface area contributed by atoms with Gasteiger partial charge in [0.25, 0.3) is 5.69 Å². The van der Waals surface area contributed by atoms with Crippen molar-refractivity contribution >= 4 is 17.3 Å². The van der Waals surface area contributed by atoms with Gasteiger partial charge in [0, 0.05) is 11.6 Å². The smallest absolute Gasteiger partial charge is 0.274 e. The van der Waals surface area contributed by atoms with Gasteiger partial charge in [-0.25, -0.2) is 0 Å². The SMILES string of the molecule is Cc1cc(C)c([N+](=O)[O-])cc1NC(=O)C(N)C(C)C. The van der Waals surface area contributed by atoms with E-state index in [2.05, 4.69) is 5.32 Å². The van der Waals surface area contributed by atoms with Gasteiger partial charge in [-0.3, -0.25) is 14.9 Å². The summed E-state index contributed by atoms with van der Waals surface area (Å²) in [7, 11) is 0. The molecule has 0 radical (unpaired) electrons. The average molecular weight is 265 g/mol. The summed E-state index contributed by atoms with van der Waals surface area (Å²) in [5, 5.41) is 13.5. The molecule has 6 nitrogen and oxygen atoms in total. The van der Waals surface area contributed by atoms with Crippen LogP contribution in [0.25, 0.3) is 0 Å². The van der Waals surface area contributed by atoms with Gasteiger partial charge in [-0.05, 0) is 31.4 Å². The lowest BCUT2D eigenvalue weighted by atomic mass is 10.0. The third-order valence-electron chi connectivity index (χ3n) is 3.02. The van der Waals surface area contributed by atoms with E-state index >= 15 is 0 Å². The van der Waals surface area contributed by atoms with Crippen LogP contribution in [0.1, 0.15) is 25.0 Å². The maximum absolute atomic E-state index is 11.9. The Morgan fingerprint density at radius 1 is 1.32 bits per heavy atom. The maximum Gasteiger partial charge on any atom is 0.274 e. The molecule has 0 aliphatic rings. The molecule has 0 aliphatic heterocycles. The highest BCUT2D eigenvalue weighted by Crippen LogP contribution is 2.26. The molecular formula is C13H19N3O3. The molecule has 0 spiro atoms. The Balaban J connectivity index is 3.05. The van der Waals surface area contributed by atoms with Gasteiger partial charge in [0.05, 0.1) is 16.7 Å². The number of nitro benzene ring substituents is 1. The first-order chi connectivity index (χ1) is 8.73. The van der Waals surface area contributed by atoms with Gasteiger partial charge >= 0.3 is 0 Å². The second-order valence-corrected chi connectivity index (χ2v) is 4.97. The standard InChI is InChI=1S/C13H19N3O3/c1-7(2)12(14)13(17)15-10-6-11(16(18)19)9(4)5-8(10)3/h5-7,12H,14H2,1-4H3,(H,15,17). The largest absolute Gasteiger partial charge is 0.324 e. The molecule has 0 bridgehead atoms. The summed E-state index contributed by atoms with van der Waals surface area (Å²) in [6.07, 6.45) is 0. The molecule has 1 aromatic rings. The van der Waals surface area contributed by atoms with E-state index in [1.807, 2.05) is 13.8 Å². The minimum Gasteiger partial charge on any atom is -0.324 e. The number of nitro groups is 1. The molecule has 1 atom stereocenters. The van der Waals surface area contributed by atoms with Crippen LogP contribution in [0, 0.1) is 29.9 Å². The van der Waals surface area contributed by atoms with Crippen LogP contribution in [0.4, 0.5) is 11.4 Å². The maximum atomic E-state index is 11.9. The van der Waals surface area contributed by atoms with Gasteiger partial charge in [0.15, 0.2) is 0 Å². The first-order valence-corrected chi connectivity index (χ1v) is 6.06. The summed E-state index contributed by atoms with van der Waals surface area (Å²) >= 11 is 0. The molecule has 0 fully saturated rings. The third-order valence-corrected chi connectivity index (χ3v) is 3.02. The molecule has 0 heterocycles. The highest BCUT2D eigenvalue weighted by molar-refractivity contribution is 5.95. The van der Waals surface area contributed by atoms with Crippen molar-refractivity contribution in [2.75, 3.05) is 5.32 Å². The van der Waals surface area contributed by atoms with Crippen LogP contribution in [-0.4, -0.2) is 16.9 Å². The number of amides is 1. The highest BCUT2D eigenvalue weighted by Gasteiger charge is 2.20. The number of carbonyl (C=O) groups excluding carboxylic acids is 1. The number of nitrogens with one attached hydrogen (secondary N) is 1. The van der Waals surface area contributed by atoms with Gasteiger partial charge in [0.2, 0.25) is 5.91 Å². The number of benzene rings is 1. The zero-order valence-electron chi connectivity index (χ0n) is 11.6. The van der Waals surface area contributed by atoms with E-state index < -0.39 is 11.0 Å². The van der Waals surface area contributed by atoms with E-state index in [1.54, 1.807) is 19.9 Å². The number of rotatable bonds is 4. The van der Waals surface area contributed by atoms with Crippen molar-refractivity contribution in [1.29, 1.82) is 0 Å². The molecular weight excluding hydrogens is 246 g/mol. The average Bonchev–Trinajstić information content (AvgIpc) is 2.30. The normalized spacial score (nSPS) is 12.3. The van der Waals surface area contributed by atoms with Gasteiger partial charge in [-0.2, -0.15) is 0 Å². The Kier molecular flexibility index (Phi) is 4.61. The second-order valence-electron chi connectivity index (χ2n) is 4.97. The zero-order chi connectivity index (χ0) is 14.7. The summed E-state index contributed by atoms with van der Waals surface area (Å²) in [4.78, 5) is 22.3. The van der Waals surface area contributed by atoms with Crippen LogP contribution in [-0.2, 0) is 4.79 Å². The Morgan fingerprint density at radius 3 is 2.37 bits per heavy atom. The van der Waals surface area contributed by atoms with Crippen molar-refractivity contribution in [2.24, 2.45) is 11.7 Å². The molecule has 1 aromatic carbocycles. The predicted octanol–water partition coefficient (Wildman–Crippen LogP) is 2.13. The minimum atomic E-state index is -0.639. The molecule has 1 unspecified atom stereocenters. The molecule has 6 heteroatoms. The van der Waals surface area contributed by atoms with E-state index in [0.29, 0.717) is 11.3 Å². The molecule has 104 valence electrons. The molecule has 1 amide bonds. The first kappa shape index (κ1) is 15.1. The number of nitrogens with two attached hydrogens (primary N) is 1. The van der Waals surface area contributed by atoms with Crippen LogP contribution >= 0.6 is 0 Å². The summed E-state index contributed by atoms with van der Waals surface area (Å²) in [6, 6.07) is 2.41. The quantitative estimate of drug-likeness (QED) is 0.643. The third kappa shape index (κ3) is 3.51. The Labute approximate surface area is 112 Å². The Morgan fingerprint density at radius 2 is 1.89 bits per heavy atom. The fourth-order valence-electron chi connectivity index (χ4n) is 1.69. The van der Waals surface area contributed by atoms with Crippen LogP contribution in [0.3, 0.4) is 0 Å². The van der Waals surface area contributed by atoms with Crippen molar-refractivity contribution in [3.63, 3.8) is 0 Å².